The minimum absolute atomic E-state index is 0.0248. The van der Waals surface area contributed by atoms with Gasteiger partial charge < -0.3 is 25.5 Å². The largest absolute Gasteiger partial charge is 0.490 e. The van der Waals surface area contributed by atoms with Crippen LogP contribution in [-0.4, -0.2) is 81.5 Å². The number of likely N-dealkylation sites (tertiary alicyclic amines) is 1. The van der Waals surface area contributed by atoms with Gasteiger partial charge in [0.15, 0.2) is 5.82 Å². The zero-order valence-corrected chi connectivity index (χ0v) is 27.3. The van der Waals surface area contributed by atoms with Crippen LogP contribution in [0.1, 0.15) is 69.0 Å². The molecule has 2 aromatic heterocycles. The van der Waals surface area contributed by atoms with E-state index in [4.69, 9.17) is 10.5 Å². The Balaban J connectivity index is 1.33. The van der Waals surface area contributed by atoms with Crippen LogP contribution in [0.25, 0.3) is 5.69 Å². The smallest absolute Gasteiger partial charge is 0.337 e. The summed E-state index contributed by atoms with van der Waals surface area (Å²) in [7, 11) is -4.43. The number of nitrogens with one attached hydrogen (secondary N) is 2. The third kappa shape index (κ3) is 6.39. The second kappa shape index (κ2) is 12.7. The Morgan fingerprint density at radius 2 is 1.78 bits per heavy atom. The molecule has 1 fully saturated rings. The van der Waals surface area contributed by atoms with Crippen molar-refractivity contribution in [2.45, 2.75) is 43.7 Å². The van der Waals surface area contributed by atoms with E-state index in [2.05, 4.69) is 20.4 Å². The van der Waals surface area contributed by atoms with Gasteiger partial charge in [-0.1, -0.05) is 0 Å². The quantitative estimate of drug-likeness (QED) is 0.182. The first-order chi connectivity index (χ1) is 23.2. The van der Waals surface area contributed by atoms with E-state index in [1.165, 1.54) is 35.2 Å². The molecule has 0 unspecified atom stereocenters. The fourth-order valence-electron chi connectivity index (χ4n) is 6.20. The number of amides is 2. The summed E-state index contributed by atoms with van der Waals surface area (Å²) in [5.41, 5.74) is 4.91. The number of carbonyl (C=O) groups is 3. The first-order valence-corrected chi connectivity index (χ1v) is 16.7. The van der Waals surface area contributed by atoms with Gasteiger partial charge in [-0.25, -0.2) is 22.0 Å². The lowest BCUT2D eigenvalue weighted by Gasteiger charge is -2.30. The van der Waals surface area contributed by atoms with Crippen molar-refractivity contribution in [3.05, 3.63) is 88.4 Å². The summed E-state index contributed by atoms with van der Waals surface area (Å²) >= 11 is 0. The van der Waals surface area contributed by atoms with E-state index >= 15 is 0 Å². The standard InChI is InChI=1S/C32H33F2N7O7S/c1-32(2)27-24(17-41(32)49(46,47)21-12-19(33)11-20(34)13-21)29(38-37-27)36-30(43)23-14-25(40-8-5-18(16-40)31(44)45)26(15-22(23)28(35)42)48-10-9-39-6-3-4-7-39/h5,8,11-16H,3-4,6-7,9-10,17H2,1-2H3,(H2,35,42)(H,44,45)(H2,36,37,38,43). The molecule has 6 rings (SSSR count). The van der Waals surface area contributed by atoms with Crippen LogP contribution in [0.4, 0.5) is 14.6 Å². The molecule has 0 spiro atoms. The SMILES string of the molecule is CC1(C)c2[nH]nc(NC(=O)c3cc(-n4ccc(C(=O)O)c4)c(OCCN4CCCC4)cc3C(N)=O)c2CN1S(=O)(=O)c1cc(F)cc(F)c1. The first kappa shape index (κ1) is 33.8. The van der Waals surface area contributed by atoms with E-state index in [1.807, 2.05) is 0 Å². The van der Waals surface area contributed by atoms with Crippen LogP contribution in [0.15, 0.2) is 53.7 Å². The lowest BCUT2D eigenvalue weighted by atomic mass is 10.0. The van der Waals surface area contributed by atoms with Crippen molar-refractivity contribution in [2.24, 2.45) is 5.73 Å². The van der Waals surface area contributed by atoms with E-state index < -0.39 is 49.9 Å². The number of aromatic nitrogens is 3. The van der Waals surface area contributed by atoms with Crippen molar-refractivity contribution in [1.29, 1.82) is 0 Å². The maximum atomic E-state index is 14.0. The molecule has 0 saturated carbocycles. The number of carboxylic acids is 1. The minimum Gasteiger partial charge on any atom is -0.490 e. The van der Waals surface area contributed by atoms with E-state index in [9.17, 15) is 36.7 Å². The number of rotatable bonds is 11. The summed E-state index contributed by atoms with van der Waals surface area (Å²) in [5, 5.41) is 19.0. The molecule has 14 nitrogen and oxygen atoms in total. The van der Waals surface area contributed by atoms with Crippen LogP contribution in [0.2, 0.25) is 0 Å². The molecule has 17 heteroatoms. The molecule has 2 aliphatic rings. The number of halogens is 2. The number of H-pyrrole nitrogens is 1. The molecule has 0 aliphatic carbocycles. The number of hydrogen-bond donors (Lipinski definition) is 4. The Hall–Kier alpha value is -5.13. The first-order valence-electron chi connectivity index (χ1n) is 15.3. The van der Waals surface area contributed by atoms with Gasteiger partial charge in [-0.3, -0.25) is 19.6 Å². The van der Waals surface area contributed by atoms with Crippen molar-refractivity contribution in [3.8, 4) is 11.4 Å². The molecular formula is C32H33F2N7O7S. The minimum atomic E-state index is -4.43. The van der Waals surface area contributed by atoms with Gasteiger partial charge in [0.05, 0.1) is 38.5 Å². The van der Waals surface area contributed by atoms with E-state index in [-0.39, 0.29) is 52.7 Å². The number of carbonyl (C=O) groups excluding carboxylic acids is 2. The summed E-state index contributed by atoms with van der Waals surface area (Å²) in [6, 6.07) is 6.03. The molecule has 4 aromatic rings. The van der Waals surface area contributed by atoms with Crippen LogP contribution in [0, 0.1) is 11.6 Å². The average molecular weight is 698 g/mol. The summed E-state index contributed by atoms with van der Waals surface area (Å²) in [4.78, 5) is 39.7. The van der Waals surface area contributed by atoms with Crippen LogP contribution >= 0.6 is 0 Å². The number of aromatic amines is 1. The van der Waals surface area contributed by atoms with Crippen LogP contribution in [-0.2, 0) is 22.1 Å². The fraction of sp³-hybridized carbons (Fsp3) is 0.312. The van der Waals surface area contributed by atoms with Gasteiger partial charge in [0, 0.05) is 37.1 Å². The summed E-state index contributed by atoms with van der Waals surface area (Å²) in [6.45, 7) is 5.55. The van der Waals surface area contributed by atoms with Crippen molar-refractivity contribution in [2.75, 3.05) is 31.6 Å². The number of sulfonamides is 1. The number of nitrogens with zero attached hydrogens (tertiary/aromatic N) is 4. The maximum absolute atomic E-state index is 14.0. The summed E-state index contributed by atoms with van der Waals surface area (Å²) in [5.74, 6) is -4.91. The Labute approximate surface area is 279 Å². The van der Waals surface area contributed by atoms with Crippen LogP contribution in [0.3, 0.4) is 0 Å². The highest BCUT2D eigenvalue weighted by Crippen LogP contribution is 2.44. The van der Waals surface area contributed by atoms with E-state index in [0.717, 1.165) is 42.4 Å². The predicted octanol–water partition coefficient (Wildman–Crippen LogP) is 3.44. The van der Waals surface area contributed by atoms with Gasteiger partial charge in [0.25, 0.3) is 5.91 Å². The molecule has 258 valence electrons. The number of anilines is 1. The average Bonchev–Trinajstić information content (AvgIpc) is 3.83. The molecule has 0 radical (unpaired) electrons. The number of nitrogens with two attached hydrogens (primary N) is 1. The predicted molar refractivity (Wildman–Crippen MR) is 171 cm³/mol. The third-order valence-corrected chi connectivity index (χ3v) is 10.7. The molecule has 2 amide bonds. The molecule has 0 atom stereocenters. The normalized spacial score (nSPS) is 16.1. The van der Waals surface area contributed by atoms with Gasteiger partial charge in [-0.15, -0.1) is 0 Å². The van der Waals surface area contributed by atoms with E-state index in [0.29, 0.717) is 18.3 Å². The number of hydrogen-bond acceptors (Lipinski definition) is 8. The molecule has 2 aliphatic heterocycles. The Morgan fingerprint density at radius 1 is 1.08 bits per heavy atom. The highest BCUT2D eigenvalue weighted by molar-refractivity contribution is 7.89. The lowest BCUT2D eigenvalue weighted by Crippen LogP contribution is -2.40. The summed E-state index contributed by atoms with van der Waals surface area (Å²) < 4.78 is 63.6. The highest BCUT2D eigenvalue weighted by Gasteiger charge is 2.48. The maximum Gasteiger partial charge on any atom is 0.337 e. The van der Waals surface area contributed by atoms with Gasteiger partial charge in [0.2, 0.25) is 15.9 Å². The second-order valence-corrected chi connectivity index (χ2v) is 14.2. The highest BCUT2D eigenvalue weighted by atomic mass is 32.2. The Bertz CT molecular complexity index is 2070. The van der Waals surface area contributed by atoms with E-state index in [1.54, 1.807) is 13.8 Å². The topological polar surface area (TPSA) is 193 Å². The number of carboxylic acid groups (broad SMARTS) is 1. The van der Waals surface area contributed by atoms with Crippen LogP contribution in [0.5, 0.6) is 5.75 Å². The molecular weight excluding hydrogens is 664 g/mol. The van der Waals surface area contributed by atoms with Crippen molar-refractivity contribution < 1.29 is 41.4 Å². The number of primary amides is 1. The lowest BCUT2D eigenvalue weighted by molar-refractivity contribution is 0.0696. The van der Waals surface area contributed by atoms with Gasteiger partial charge in [-0.05, 0) is 70.1 Å². The monoisotopic (exact) mass is 697 g/mol. The Kier molecular flexibility index (Phi) is 8.76. The third-order valence-electron chi connectivity index (χ3n) is 8.75. The molecule has 1 saturated heterocycles. The fourth-order valence-corrected chi connectivity index (χ4v) is 7.97. The molecule has 5 N–H and O–H groups in total. The summed E-state index contributed by atoms with van der Waals surface area (Å²) in [6.07, 6.45) is 4.97. The molecule has 0 bridgehead atoms. The number of ether oxygens (including phenoxy) is 1. The van der Waals surface area contributed by atoms with Crippen molar-refractivity contribution >= 4 is 33.6 Å². The van der Waals surface area contributed by atoms with Gasteiger partial charge >= 0.3 is 5.97 Å². The van der Waals surface area contributed by atoms with Gasteiger partial charge in [-0.2, -0.15) is 9.40 Å². The zero-order valence-electron chi connectivity index (χ0n) is 26.5. The van der Waals surface area contributed by atoms with Crippen molar-refractivity contribution in [3.63, 3.8) is 0 Å². The number of aromatic carboxylic acids is 1. The Morgan fingerprint density at radius 3 is 2.41 bits per heavy atom. The molecule has 49 heavy (non-hydrogen) atoms. The molecule has 2 aromatic carbocycles. The zero-order chi connectivity index (χ0) is 35.2. The van der Waals surface area contributed by atoms with Crippen LogP contribution < -0.4 is 15.8 Å². The number of fused-ring (bicyclic) bond motifs is 1. The van der Waals surface area contributed by atoms with Gasteiger partial charge in [0.1, 0.15) is 24.0 Å². The van der Waals surface area contributed by atoms with Crippen molar-refractivity contribution in [1.82, 2.24) is 24.0 Å². The second-order valence-electron chi connectivity index (χ2n) is 12.3. The number of benzene rings is 2. The molecule has 4 heterocycles.